The molecule has 1 aromatic heterocycles. The summed E-state index contributed by atoms with van der Waals surface area (Å²) in [6, 6.07) is 18.0. The summed E-state index contributed by atoms with van der Waals surface area (Å²) in [7, 11) is 4.01. The topological polar surface area (TPSA) is 50.2 Å². The Morgan fingerprint density at radius 3 is 2.38 bits per heavy atom. The van der Waals surface area contributed by atoms with Gasteiger partial charge in [-0.3, -0.25) is 4.79 Å². The summed E-state index contributed by atoms with van der Waals surface area (Å²) in [5, 5.41) is 7.41. The van der Waals surface area contributed by atoms with E-state index in [9.17, 15) is 4.79 Å². The van der Waals surface area contributed by atoms with Gasteiger partial charge in [0.15, 0.2) is 0 Å². The average molecular weight is 348 g/mol. The zero-order valence-corrected chi connectivity index (χ0v) is 15.4. The molecule has 3 aromatic rings. The number of rotatable bonds is 6. The second-order valence-corrected chi connectivity index (χ2v) is 6.35. The molecule has 0 saturated heterocycles. The van der Waals surface area contributed by atoms with Crippen molar-refractivity contribution in [2.24, 2.45) is 0 Å². The van der Waals surface area contributed by atoms with Crippen LogP contribution in [0.2, 0.25) is 0 Å². The van der Waals surface area contributed by atoms with Gasteiger partial charge in [-0.2, -0.15) is 5.10 Å². The van der Waals surface area contributed by atoms with Gasteiger partial charge in [0.05, 0.1) is 23.1 Å². The van der Waals surface area contributed by atoms with Crippen LogP contribution < -0.4 is 10.2 Å². The lowest BCUT2D eigenvalue weighted by Crippen LogP contribution is -2.23. The second kappa shape index (κ2) is 7.87. The van der Waals surface area contributed by atoms with Crippen molar-refractivity contribution < 1.29 is 4.79 Å². The summed E-state index contributed by atoms with van der Waals surface area (Å²) < 4.78 is 1.83. The zero-order chi connectivity index (χ0) is 18.5. The van der Waals surface area contributed by atoms with Crippen molar-refractivity contribution in [3.8, 4) is 5.69 Å². The fraction of sp³-hybridized carbons (Fsp3) is 0.238. The van der Waals surface area contributed by atoms with Gasteiger partial charge in [-0.1, -0.05) is 37.3 Å². The van der Waals surface area contributed by atoms with E-state index in [1.165, 1.54) is 0 Å². The fourth-order valence-electron chi connectivity index (χ4n) is 2.88. The van der Waals surface area contributed by atoms with Crippen molar-refractivity contribution in [1.82, 2.24) is 15.1 Å². The maximum absolute atomic E-state index is 12.6. The number of para-hydroxylation sites is 1. The van der Waals surface area contributed by atoms with Gasteiger partial charge in [-0.25, -0.2) is 4.68 Å². The number of nitrogens with zero attached hydrogens (tertiary/aromatic N) is 3. The molecule has 5 nitrogen and oxygen atoms in total. The summed E-state index contributed by atoms with van der Waals surface area (Å²) in [6.07, 6.45) is 2.38. The van der Waals surface area contributed by atoms with Gasteiger partial charge in [0.25, 0.3) is 5.91 Å². The summed E-state index contributed by atoms with van der Waals surface area (Å²) in [5.74, 6) is -0.0966. The van der Waals surface area contributed by atoms with Crippen molar-refractivity contribution in [3.05, 3.63) is 77.6 Å². The second-order valence-electron chi connectivity index (χ2n) is 6.35. The Balaban J connectivity index is 1.73. The van der Waals surface area contributed by atoms with Gasteiger partial charge < -0.3 is 10.2 Å². The van der Waals surface area contributed by atoms with Crippen LogP contribution in [-0.4, -0.2) is 29.8 Å². The minimum absolute atomic E-state index is 0.0966. The summed E-state index contributed by atoms with van der Waals surface area (Å²) in [5.41, 5.74) is 4.70. The molecule has 1 heterocycles. The minimum Gasteiger partial charge on any atom is -0.378 e. The molecule has 0 spiro atoms. The number of benzene rings is 2. The third-order valence-electron chi connectivity index (χ3n) is 4.35. The third-order valence-corrected chi connectivity index (χ3v) is 4.35. The van der Waals surface area contributed by atoms with Gasteiger partial charge in [0.2, 0.25) is 0 Å². The highest BCUT2D eigenvalue weighted by atomic mass is 16.1. The predicted molar refractivity (Wildman–Crippen MR) is 105 cm³/mol. The van der Waals surface area contributed by atoms with E-state index in [1.807, 2.05) is 85.2 Å². The van der Waals surface area contributed by atoms with E-state index in [-0.39, 0.29) is 5.91 Å². The number of hydrogen-bond donors (Lipinski definition) is 1. The third kappa shape index (κ3) is 3.77. The molecule has 0 radical (unpaired) electrons. The standard InChI is InChI=1S/C21H24N4O/c1-4-20-19(15-23-25(20)18-8-6-5-7-9-18)21(26)22-14-16-10-12-17(13-11-16)24(2)3/h5-13,15H,4,14H2,1-3H3,(H,22,26). The molecule has 0 aliphatic carbocycles. The highest BCUT2D eigenvalue weighted by Crippen LogP contribution is 2.16. The van der Waals surface area contributed by atoms with E-state index in [1.54, 1.807) is 6.20 Å². The first-order chi connectivity index (χ1) is 12.6. The highest BCUT2D eigenvalue weighted by molar-refractivity contribution is 5.95. The summed E-state index contributed by atoms with van der Waals surface area (Å²) in [4.78, 5) is 14.7. The molecule has 5 heteroatoms. The van der Waals surface area contributed by atoms with Crippen LogP contribution in [-0.2, 0) is 13.0 Å². The molecule has 0 bridgehead atoms. The Hall–Kier alpha value is -3.08. The van der Waals surface area contributed by atoms with Crippen molar-refractivity contribution in [2.75, 3.05) is 19.0 Å². The largest absolute Gasteiger partial charge is 0.378 e. The quantitative estimate of drug-likeness (QED) is 0.742. The van der Waals surface area contributed by atoms with Gasteiger partial charge >= 0.3 is 0 Å². The van der Waals surface area contributed by atoms with E-state index in [2.05, 4.69) is 10.4 Å². The van der Waals surface area contributed by atoms with E-state index in [0.29, 0.717) is 12.1 Å². The van der Waals surface area contributed by atoms with Crippen molar-refractivity contribution in [3.63, 3.8) is 0 Å². The van der Waals surface area contributed by atoms with Crippen LogP contribution in [0.3, 0.4) is 0 Å². The first-order valence-corrected chi connectivity index (χ1v) is 8.77. The molecule has 1 amide bonds. The lowest BCUT2D eigenvalue weighted by atomic mass is 10.1. The van der Waals surface area contributed by atoms with Crippen LogP contribution in [0, 0.1) is 0 Å². The molecule has 0 atom stereocenters. The molecule has 0 saturated carbocycles. The smallest absolute Gasteiger partial charge is 0.255 e. The molecule has 0 unspecified atom stereocenters. The minimum atomic E-state index is -0.0966. The van der Waals surface area contributed by atoms with Crippen LogP contribution in [0.1, 0.15) is 28.5 Å². The van der Waals surface area contributed by atoms with Crippen LogP contribution in [0.5, 0.6) is 0 Å². The Labute approximate surface area is 154 Å². The fourth-order valence-corrected chi connectivity index (χ4v) is 2.88. The zero-order valence-electron chi connectivity index (χ0n) is 15.4. The molecular weight excluding hydrogens is 324 g/mol. The van der Waals surface area contributed by atoms with E-state index >= 15 is 0 Å². The number of carbonyl (C=O) groups is 1. The first-order valence-electron chi connectivity index (χ1n) is 8.77. The SMILES string of the molecule is CCc1c(C(=O)NCc2ccc(N(C)C)cc2)cnn1-c1ccccc1. The van der Waals surface area contributed by atoms with Crippen LogP contribution >= 0.6 is 0 Å². The molecular formula is C21H24N4O. The van der Waals surface area contributed by atoms with Crippen LogP contribution in [0.25, 0.3) is 5.69 Å². The number of amides is 1. The van der Waals surface area contributed by atoms with Crippen molar-refractivity contribution in [2.45, 2.75) is 19.9 Å². The summed E-state index contributed by atoms with van der Waals surface area (Å²) >= 11 is 0. The average Bonchev–Trinajstić information content (AvgIpc) is 3.11. The molecule has 0 fully saturated rings. The normalized spacial score (nSPS) is 10.6. The van der Waals surface area contributed by atoms with E-state index in [0.717, 1.165) is 29.1 Å². The van der Waals surface area contributed by atoms with Crippen LogP contribution in [0.4, 0.5) is 5.69 Å². The number of carbonyl (C=O) groups excluding carboxylic acids is 1. The monoisotopic (exact) mass is 348 g/mol. The van der Waals surface area contributed by atoms with Crippen LogP contribution in [0.15, 0.2) is 60.8 Å². The van der Waals surface area contributed by atoms with Gasteiger partial charge in [0.1, 0.15) is 0 Å². The molecule has 2 aromatic carbocycles. The van der Waals surface area contributed by atoms with Crippen molar-refractivity contribution in [1.29, 1.82) is 0 Å². The number of anilines is 1. The maximum atomic E-state index is 12.6. The summed E-state index contributed by atoms with van der Waals surface area (Å²) in [6.45, 7) is 2.53. The van der Waals surface area contributed by atoms with Gasteiger partial charge in [-0.05, 0) is 36.2 Å². The predicted octanol–water partition coefficient (Wildman–Crippen LogP) is 3.43. The Morgan fingerprint density at radius 1 is 1.08 bits per heavy atom. The maximum Gasteiger partial charge on any atom is 0.255 e. The van der Waals surface area contributed by atoms with E-state index < -0.39 is 0 Å². The molecule has 0 aliphatic heterocycles. The Bertz CT molecular complexity index is 867. The molecule has 26 heavy (non-hydrogen) atoms. The Morgan fingerprint density at radius 2 is 1.77 bits per heavy atom. The molecule has 1 N–H and O–H groups in total. The number of nitrogens with one attached hydrogen (secondary N) is 1. The number of hydrogen-bond acceptors (Lipinski definition) is 3. The Kier molecular flexibility index (Phi) is 5.37. The lowest BCUT2D eigenvalue weighted by Gasteiger charge is -2.13. The first kappa shape index (κ1) is 17.7. The highest BCUT2D eigenvalue weighted by Gasteiger charge is 2.16. The molecule has 134 valence electrons. The van der Waals surface area contributed by atoms with Crippen molar-refractivity contribution >= 4 is 11.6 Å². The molecule has 3 rings (SSSR count). The van der Waals surface area contributed by atoms with Gasteiger partial charge in [0, 0.05) is 26.3 Å². The number of aromatic nitrogens is 2. The lowest BCUT2D eigenvalue weighted by molar-refractivity contribution is 0.0950. The van der Waals surface area contributed by atoms with Gasteiger partial charge in [-0.15, -0.1) is 0 Å². The van der Waals surface area contributed by atoms with E-state index in [4.69, 9.17) is 0 Å². The molecule has 0 aliphatic rings.